The van der Waals surface area contributed by atoms with E-state index in [0.29, 0.717) is 19.3 Å². The normalized spacial score (nSPS) is 13.0. The minimum Gasteiger partial charge on any atom is -0.462 e. The first-order chi connectivity index (χ1) is 32.5. The zero-order valence-electron chi connectivity index (χ0n) is 42.7. The van der Waals surface area contributed by atoms with Crippen LogP contribution in [-0.4, -0.2) is 37.2 Å². The van der Waals surface area contributed by atoms with Gasteiger partial charge in [0.05, 0.1) is 0 Å². The van der Waals surface area contributed by atoms with Crippen LogP contribution in [-0.2, 0) is 28.6 Å². The molecule has 0 aliphatic rings. The van der Waals surface area contributed by atoms with Gasteiger partial charge in [-0.1, -0.05) is 207 Å². The molecule has 1 unspecified atom stereocenters. The fraction of sp³-hybridized carbons (Fsp3) is 0.650. The molecule has 374 valence electrons. The quantitative estimate of drug-likeness (QED) is 0.0199. The molecule has 0 bridgehead atoms. The summed E-state index contributed by atoms with van der Waals surface area (Å²) in [6, 6.07) is 0. The van der Waals surface area contributed by atoms with Crippen molar-refractivity contribution in [1.29, 1.82) is 0 Å². The van der Waals surface area contributed by atoms with Gasteiger partial charge in [0.2, 0.25) is 0 Å². The summed E-state index contributed by atoms with van der Waals surface area (Å²) in [5.41, 5.74) is 0. The second-order valence-corrected chi connectivity index (χ2v) is 17.4. The van der Waals surface area contributed by atoms with Crippen LogP contribution in [0.2, 0.25) is 0 Å². The molecule has 6 nitrogen and oxygen atoms in total. The van der Waals surface area contributed by atoms with Crippen molar-refractivity contribution in [3.8, 4) is 0 Å². The lowest BCUT2D eigenvalue weighted by atomic mass is 10.1. The summed E-state index contributed by atoms with van der Waals surface area (Å²) in [5, 5.41) is 0. The fourth-order valence-corrected chi connectivity index (χ4v) is 7.03. The summed E-state index contributed by atoms with van der Waals surface area (Å²) in [7, 11) is 0. The molecule has 0 saturated carbocycles. The number of rotatable bonds is 47. The number of unbranched alkanes of at least 4 members (excludes halogenated alkanes) is 19. The first-order valence-electron chi connectivity index (χ1n) is 26.9. The maximum Gasteiger partial charge on any atom is 0.306 e. The Morgan fingerprint density at radius 1 is 0.333 bits per heavy atom. The molecule has 0 fully saturated rings. The van der Waals surface area contributed by atoms with E-state index < -0.39 is 6.10 Å². The van der Waals surface area contributed by atoms with Gasteiger partial charge in [-0.3, -0.25) is 14.4 Å². The molecule has 0 saturated heterocycles. The molecule has 0 aromatic carbocycles. The van der Waals surface area contributed by atoms with Crippen molar-refractivity contribution in [3.63, 3.8) is 0 Å². The van der Waals surface area contributed by atoms with Crippen LogP contribution in [0.15, 0.2) is 109 Å². The highest BCUT2D eigenvalue weighted by Crippen LogP contribution is 2.13. The van der Waals surface area contributed by atoms with Crippen LogP contribution < -0.4 is 0 Å². The Kier molecular flexibility index (Phi) is 50.5. The maximum absolute atomic E-state index is 12.8. The predicted molar refractivity (Wildman–Crippen MR) is 283 cm³/mol. The van der Waals surface area contributed by atoms with Gasteiger partial charge in [-0.05, 0) is 116 Å². The summed E-state index contributed by atoms with van der Waals surface area (Å²) in [4.78, 5) is 38.1. The molecule has 0 aromatic heterocycles. The van der Waals surface area contributed by atoms with Crippen LogP contribution in [0, 0.1) is 0 Å². The van der Waals surface area contributed by atoms with E-state index in [-0.39, 0.29) is 31.1 Å². The molecule has 0 N–H and O–H groups in total. The highest BCUT2D eigenvalue weighted by atomic mass is 16.6. The zero-order valence-corrected chi connectivity index (χ0v) is 42.7. The van der Waals surface area contributed by atoms with E-state index in [0.717, 1.165) is 141 Å². The second kappa shape index (κ2) is 53.7. The van der Waals surface area contributed by atoms with E-state index in [4.69, 9.17) is 14.2 Å². The molecule has 0 radical (unpaired) electrons. The van der Waals surface area contributed by atoms with Crippen LogP contribution in [0.4, 0.5) is 0 Å². The van der Waals surface area contributed by atoms with E-state index in [1.165, 1.54) is 51.4 Å². The highest BCUT2D eigenvalue weighted by Gasteiger charge is 2.19. The average molecular weight is 915 g/mol. The Balaban J connectivity index is 4.47. The third-order valence-corrected chi connectivity index (χ3v) is 11.0. The summed E-state index contributed by atoms with van der Waals surface area (Å²) in [6.45, 7) is 6.33. The standard InChI is InChI=1S/C60H98O6/c1-4-7-10-13-16-19-22-25-28-29-30-31-33-35-38-41-44-47-50-53-59(62)65-56-57(55-64-58(61)52-49-46-43-40-37-34-27-24-21-18-15-12-9-6-3)66-60(63)54-51-48-45-42-39-36-32-26-23-20-17-14-11-8-5-2/h7,9-10,12,16-21,23,25-28,30-31,34,57H,4-6,8,11,13-15,22,24,29,32-33,35-56H2,1-3H3/b10-7-,12-9-,19-16-,20-17-,21-18-,26-23-,28-25-,31-30-,34-27-. The Labute approximate surface area is 406 Å². The lowest BCUT2D eigenvalue weighted by molar-refractivity contribution is -0.167. The second-order valence-electron chi connectivity index (χ2n) is 17.4. The van der Waals surface area contributed by atoms with Crippen LogP contribution in [0.5, 0.6) is 0 Å². The van der Waals surface area contributed by atoms with Crippen molar-refractivity contribution < 1.29 is 28.6 Å². The third kappa shape index (κ3) is 51.1. The predicted octanol–water partition coefficient (Wildman–Crippen LogP) is 17.9. The summed E-state index contributed by atoms with van der Waals surface area (Å²) in [5.74, 6) is -0.950. The van der Waals surface area contributed by atoms with Gasteiger partial charge in [-0.15, -0.1) is 0 Å². The Bertz CT molecular complexity index is 1370. The summed E-state index contributed by atoms with van der Waals surface area (Å²) >= 11 is 0. The van der Waals surface area contributed by atoms with Crippen LogP contribution >= 0.6 is 0 Å². The van der Waals surface area contributed by atoms with Crippen LogP contribution in [0.25, 0.3) is 0 Å². The molecule has 6 heteroatoms. The minimum atomic E-state index is -0.802. The molecular weight excluding hydrogens is 817 g/mol. The number of hydrogen-bond donors (Lipinski definition) is 0. The number of carbonyl (C=O) groups is 3. The van der Waals surface area contributed by atoms with Crippen molar-refractivity contribution >= 4 is 17.9 Å². The van der Waals surface area contributed by atoms with Gasteiger partial charge in [0, 0.05) is 19.3 Å². The van der Waals surface area contributed by atoms with Crippen LogP contribution in [0.3, 0.4) is 0 Å². The van der Waals surface area contributed by atoms with Gasteiger partial charge >= 0.3 is 17.9 Å². The number of esters is 3. The highest BCUT2D eigenvalue weighted by molar-refractivity contribution is 5.71. The lowest BCUT2D eigenvalue weighted by Crippen LogP contribution is -2.30. The molecule has 1 atom stereocenters. The topological polar surface area (TPSA) is 78.9 Å². The Morgan fingerprint density at radius 2 is 0.636 bits per heavy atom. The van der Waals surface area contributed by atoms with Gasteiger partial charge in [0.25, 0.3) is 0 Å². The van der Waals surface area contributed by atoms with Crippen molar-refractivity contribution in [1.82, 2.24) is 0 Å². The van der Waals surface area contributed by atoms with Crippen LogP contribution in [0.1, 0.15) is 233 Å². The molecule has 0 spiro atoms. The van der Waals surface area contributed by atoms with Gasteiger partial charge in [-0.25, -0.2) is 0 Å². The number of carbonyl (C=O) groups excluding carboxylic acids is 3. The van der Waals surface area contributed by atoms with Crippen molar-refractivity contribution in [3.05, 3.63) is 109 Å². The molecule has 0 rings (SSSR count). The first kappa shape index (κ1) is 62.1. The fourth-order valence-electron chi connectivity index (χ4n) is 7.03. The largest absolute Gasteiger partial charge is 0.462 e. The van der Waals surface area contributed by atoms with Crippen molar-refractivity contribution in [2.24, 2.45) is 0 Å². The van der Waals surface area contributed by atoms with Gasteiger partial charge in [0.1, 0.15) is 13.2 Å². The third-order valence-electron chi connectivity index (χ3n) is 11.0. The van der Waals surface area contributed by atoms with E-state index in [1.54, 1.807) is 0 Å². The smallest absolute Gasteiger partial charge is 0.306 e. The van der Waals surface area contributed by atoms with E-state index in [9.17, 15) is 14.4 Å². The monoisotopic (exact) mass is 915 g/mol. The number of hydrogen-bond acceptors (Lipinski definition) is 6. The maximum atomic E-state index is 12.8. The molecule has 0 amide bonds. The van der Waals surface area contributed by atoms with Gasteiger partial charge < -0.3 is 14.2 Å². The Hall–Kier alpha value is -3.93. The molecular formula is C60H98O6. The lowest BCUT2D eigenvalue weighted by Gasteiger charge is -2.18. The van der Waals surface area contributed by atoms with E-state index in [1.807, 2.05) is 0 Å². The van der Waals surface area contributed by atoms with Crippen molar-refractivity contribution in [2.45, 2.75) is 239 Å². The molecule has 0 heterocycles. The van der Waals surface area contributed by atoms with Gasteiger partial charge in [-0.2, -0.15) is 0 Å². The summed E-state index contributed by atoms with van der Waals surface area (Å²) in [6.07, 6.45) is 72.1. The SMILES string of the molecule is CC/C=C\C/C=C\C/C=C\C/C=C\CCCCCCCCC(=O)OCC(COC(=O)CCCCCC/C=C\C/C=C\C/C=C\CC)OC(=O)CCCCCCCC/C=C\C=C/CCCCC. The summed E-state index contributed by atoms with van der Waals surface area (Å²) < 4.78 is 16.8. The first-order valence-corrected chi connectivity index (χ1v) is 26.9. The molecule has 0 aliphatic heterocycles. The van der Waals surface area contributed by atoms with E-state index >= 15 is 0 Å². The number of allylic oxidation sites excluding steroid dienone is 18. The van der Waals surface area contributed by atoms with E-state index in [2.05, 4.69) is 130 Å². The molecule has 66 heavy (non-hydrogen) atoms. The molecule has 0 aromatic rings. The number of ether oxygens (including phenoxy) is 3. The minimum absolute atomic E-state index is 0.0997. The Morgan fingerprint density at radius 3 is 1.02 bits per heavy atom. The molecule has 0 aliphatic carbocycles. The van der Waals surface area contributed by atoms with Gasteiger partial charge in [0.15, 0.2) is 6.10 Å². The van der Waals surface area contributed by atoms with Crippen molar-refractivity contribution in [2.75, 3.05) is 13.2 Å². The average Bonchev–Trinajstić information content (AvgIpc) is 3.31. The zero-order chi connectivity index (χ0) is 47.9.